The molecule has 98 valence electrons. The molecule has 1 saturated heterocycles. The van der Waals surface area contributed by atoms with Gasteiger partial charge in [0.05, 0.1) is 24.8 Å². The van der Waals surface area contributed by atoms with Gasteiger partial charge in [0, 0.05) is 12.1 Å². The molecule has 2 rings (SSSR count). The molecule has 0 amide bonds. The van der Waals surface area contributed by atoms with Gasteiger partial charge in [-0.1, -0.05) is 18.2 Å². The molecule has 1 aliphatic rings. The van der Waals surface area contributed by atoms with Gasteiger partial charge in [-0.3, -0.25) is 4.79 Å². The molecule has 1 unspecified atom stereocenters. The molecule has 0 bridgehead atoms. The van der Waals surface area contributed by atoms with Gasteiger partial charge in [-0.2, -0.15) is 13.2 Å². The van der Waals surface area contributed by atoms with Crippen LogP contribution in [-0.2, 0) is 10.9 Å². The SMILES string of the molecule is O=C(c1ccccc1C(F)(F)F)C1COCCN1. The monoisotopic (exact) mass is 259 g/mol. The fraction of sp³-hybridized carbons (Fsp3) is 0.417. The molecule has 1 fully saturated rings. The summed E-state index contributed by atoms with van der Waals surface area (Å²) in [5.74, 6) is -0.581. The molecular weight excluding hydrogens is 247 g/mol. The fourth-order valence-corrected chi connectivity index (χ4v) is 1.87. The summed E-state index contributed by atoms with van der Waals surface area (Å²) in [5.41, 5.74) is -1.21. The van der Waals surface area contributed by atoms with E-state index in [9.17, 15) is 18.0 Å². The lowest BCUT2D eigenvalue weighted by molar-refractivity contribution is -0.137. The van der Waals surface area contributed by atoms with E-state index in [-0.39, 0.29) is 12.2 Å². The molecule has 0 spiro atoms. The molecule has 3 nitrogen and oxygen atoms in total. The molecular formula is C12H12F3NO2. The zero-order valence-corrected chi connectivity index (χ0v) is 9.46. The number of Topliss-reactive ketones (excluding diaryl/α,β-unsaturated/α-hetero) is 1. The third-order valence-corrected chi connectivity index (χ3v) is 2.74. The Labute approximate surface area is 102 Å². The molecule has 1 N–H and O–H groups in total. The summed E-state index contributed by atoms with van der Waals surface area (Å²) in [6.07, 6.45) is -4.53. The van der Waals surface area contributed by atoms with Gasteiger partial charge in [0.15, 0.2) is 5.78 Å². The second-order valence-electron chi connectivity index (χ2n) is 3.99. The largest absolute Gasteiger partial charge is 0.417 e. The Hall–Kier alpha value is -1.40. The van der Waals surface area contributed by atoms with Gasteiger partial charge in [-0.25, -0.2) is 0 Å². The maximum atomic E-state index is 12.8. The highest BCUT2D eigenvalue weighted by atomic mass is 19.4. The summed E-state index contributed by atoms with van der Waals surface area (Å²) in [5, 5.41) is 2.85. The molecule has 0 saturated carbocycles. The first-order chi connectivity index (χ1) is 8.50. The van der Waals surface area contributed by atoms with Crippen molar-refractivity contribution in [3.05, 3.63) is 35.4 Å². The summed E-state index contributed by atoms with van der Waals surface area (Å²) in [7, 11) is 0. The van der Waals surface area contributed by atoms with Gasteiger partial charge in [0.25, 0.3) is 0 Å². The second kappa shape index (κ2) is 5.07. The minimum atomic E-state index is -4.53. The van der Waals surface area contributed by atoms with Crippen molar-refractivity contribution in [3.8, 4) is 0 Å². The Morgan fingerprint density at radius 3 is 2.67 bits per heavy atom. The minimum Gasteiger partial charge on any atom is -0.378 e. The smallest absolute Gasteiger partial charge is 0.378 e. The van der Waals surface area contributed by atoms with Crippen LogP contribution in [0.15, 0.2) is 24.3 Å². The maximum Gasteiger partial charge on any atom is 0.417 e. The Kier molecular flexibility index (Phi) is 3.68. The molecule has 1 aliphatic heterocycles. The van der Waals surface area contributed by atoms with E-state index in [1.165, 1.54) is 18.2 Å². The molecule has 6 heteroatoms. The molecule has 1 aromatic rings. The molecule has 0 aliphatic carbocycles. The van der Waals surface area contributed by atoms with E-state index in [1.807, 2.05) is 0 Å². The number of benzene rings is 1. The van der Waals surface area contributed by atoms with Crippen molar-refractivity contribution in [1.29, 1.82) is 0 Å². The minimum absolute atomic E-state index is 0.102. The number of nitrogens with one attached hydrogen (secondary N) is 1. The van der Waals surface area contributed by atoms with Crippen LogP contribution in [0.3, 0.4) is 0 Å². The van der Waals surface area contributed by atoms with Crippen LogP contribution in [0.5, 0.6) is 0 Å². The Balaban J connectivity index is 2.30. The number of alkyl halides is 3. The van der Waals surface area contributed by atoms with E-state index in [0.717, 1.165) is 6.07 Å². The average Bonchev–Trinajstić information content (AvgIpc) is 2.38. The summed E-state index contributed by atoms with van der Waals surface area (Å²) < 4.78 is 43.4. The second-order valence-corrected chi connectivity index (χ2v) is 3.99. The number of ketones is 1. The quantitative estimate of drug-likeness (QED) is 0.824. The number of carbonyl (C=O) groups excluding carboxylic acids is 1. The van der Waals surface area contributed by atoms with Crippen molar-refractivity contribution in [2.45, 2.75) is 12.2 Å². The lowest BCUT2D eigenvalue weighted by Gasteiger charge is -2.23. The Bertz CT molecular complexity index is 439. The van der Waals surface area contributed by atoms with Crippen LogP contribution in [0.1, 0.15) is 15.9 Å². The number of rotatable bonds is 2. The number of hydrogen-bond donors (Lipinski definition) is 1. The van der Waals surface area contributed by atoms with E-state index >= 15 is 0 Å². The van der Waals surface area contributed by atoms with Crippen molar-refractivity contribution in [2.75, 3.05) is 19.8 Å². The predicted molar refractivity (Wildman–Crippen MR) is 58.4 cm³/mol. The first-order valence-electron chi connectivity index (χ1n) is 5.51. The number of ether oxygens (including phenoxy) is 1. The summed E-state index contributed by atoms with van der Waals surface area (Å²) in [4.78, 5) is 12.0. The van der Waals surface area contributed by atoms with Crippen molar-refractivity contribution in [1.82, 2.24) is 5.32 Å². The van der Waals surface area contributed by atoms with E-state index in [0.29, 0.717) is 13.2 Å². The van der Waals surface area contributed by atoms with Crippen LogP contribution < -0.4 is 5.32 Å². The lowest BCUT2D eigenvalue weighted by atomic mass is 9.98. The first-order valence-corrected chi connectivity index (χ1v) is 5.51. The van der Waals surface area contributed by atoms with E-state index in [2.05, 4.69) is 5.32 Å². The van der Waals surface area contributed by atoms with Gasteiger partial charge in [0.1, 0.15) is 0 Å². The van der Waals surface area contributed by atoms with Gasteiger partial charge in [-0.05, 0) is 6.07 Å². The third kappa shape index (κ3) is 2.70. The Morgan fingerprint density at radius 1 is 1.33 bits per heavy atom. The lowest BCUT2D eigenvalue weighted by Crippen LogP contribution is -2.46. The predicted octanol–water partition coefficient (Wildman–Crippen LogP) is 1.88. The number of carbonyl (C=O) groups is 1. The van der Waals surface area contributed by atoms with Gasteiger partial charge in [-0.15, -0.1) is 0 Å². The van der Waals surface area contributed by atoms with Gasteiger partial charge < -0.3 is 10.1 Å². The normalized spacial score (nSPS) is 20.7. The van der Waals surface area contributed by atoms with Crippen LogP contribution in [0.2, 0.25) is 0 Å². The zero-order valence-electron chi connectivity index (χ0n) is 9.46. The van der Waals surface area contributed by atoms with Crippen LogP contribution in [0, 0.1) is 0 Å². The number of halogens is 3. The van der Waals surface area contributed by atoms with Crippen LogP contribution in [0.4, 0.5) is 13.2 Å². The first kappa shape index (κ1) is 13.0. The number of hydrogen-bond acceptors (Lipinski definition) is 3. The van der Waals surface area contributed by atoms with Crippen molar-refractivity contribution in [3.63, 3.8) is 0 Å². The van der Waals surface area contributed by atoms with Crippen molar-refractivity contribution >= 4 is 5.78 Å². The molecule has 18 heavy (non-hydrogen) atoms. The van der Waals surface area contributed by atoms with Crippen LogP contribution >= 0.6 is 0 Å². The number of morpholine rings is 1. The molecule has 0 radical (unpaired) electrons. The van der Waals surface area contributed by atoms with Crippen LogP contribution in [-0.4, -0.2) is 31.6 Å². The average molecular weight is 259 g/mol. The highest BCUT2D eigenvalue weighted by Crippen LogP contribution is 2.32. The van der Waals surface area contributed by atoms with E-state index in [4.69, 9.17) is 4.74 Å². The molecule has 1 atom stereocenters. The van der Waals surface area contributed by atoms with Gasteiger partial charge >= 0.3 is 6.18 Å². The highest BCUT2D eigenvalue weighted by Gasteiger charge is 2.36. The van der Waals surface area contributed by atoms with Gasteiger partial charge in [0.2, 0.25) is 0 Å². The highest BCUT2D eigenvalue weighted by molar-refractivity contribution is 6.01. The zero-order chi connectivity index (χ0) is 13.2. The Morgan fingerprint density at radius 2 is 2.06 bits per heavy atom. The summed E-state index contributed by atoms with van der Waals surface area (Å²) in [6.45, 7) is 1.03. The standard InChI is InChI=1S/C12H12F3NO2/c13-12(14,15)9-4-2-1-3-8(9)11(17)10-7-18-6-5-16-10/h1-4,10,16H,5-7H2. The molecule has 1 aromatic carbocycles. The summed E-state index contributed by atoms with van der Waals surface area (Å²) in [6, 6.07) is 4.09. The van der Waals surface area contributed by atoms with E-state index < -0.39 is 23.6 Å². The fourth-order valence-electron chi connectivity index (χ4n) is 1.87. The van der Waals surface area contributed by atoms with E-state index in [1.54, 1.807) is 0 Å². The third-order valence-electron chi connectivity index (χ3n) is 2.74. The van der Waals surface area contributed by atoms with Crippen molar-refractivity contribution in [2.24, 2.45) is 0 Å². The topological polar surface area (TPSA) is 38.3 Å². The van der Waals surface area contributed by atoms with Crippen LogP contribution in [0.25, 0.3) is 0 Å². The summed E-state index contributed by atoms with van der Waals surface area (Å²) >= 11 is 0. The molecule has 1 heterocycles. The van der Waals surface area contributed by atoms with Crippen molar-refractivity contribution < 1.29 is 22.7 Å². The molecule has 0 aromatic heterocycles. The maximum absolute atomic E-state index is 12.8.